The molecule has 2 atom stereocenters. The van der Waals surface area contributed by atoms with E-state index >= 15 is 0 Å². The quantitative estimate of drug-likeness (QED) is 0.696. The molecule has 0 aromatic heterocycles. The lowest BCUT2D eigenvalue weighted by atomic mass is 9.83. The van der Waals surface area contributed by atoms with Gasteiger partial charge in [-0.1, -0.05) is 0 Å². The highest BCUT2D eigenvalue weighted by molar-refractivity contribution is 5.79. The fraction of sp³-hybridized carbons (Fsp3) is 0.789. The van der Waals surface area contributed by atoms with Gasteiger partial charge in [0.15, 0.2) is 5.66 Å². The van der Waals surface area contributed by atoms with E-state index in [1.54, 1.807) is 0 Å². The molecule has 4 aliphatic rings. The van der Waals surface area contributed by atoms with Crippen LogP contribution in [0.1, 0.15) is 57.8 Å². The first-order chi connectivity index (χ1) is 12.1. The molecular formula is C19H26N4O2. The Bertz CT molecular complexity index is 628. The van der Waals surface area contributed by atoms with Crippen LogP contribution < -0.4 is 0 Å². The first-order valence-corrected chi connectivity index (χ1v) is 9.58. The topological polar surface area (TPSA) is 65.3 Å². The van der Waals surface area contributed by atoms with Gasteiger partial charge in [0.05, 0.1) is 0 Å². The number of likely N-dealkylation sites (tertiary alicyclic amines) is 2. The van der Waals surface area contributed by atoms with Gasteiger partial charge in [-0.2, -0.15) is 10.2 Å². The normalized spacial score (nSPS) is 30.0. The number of hydrogen-bond acceptors (Lipinski definition) is 4. The van der Waals surface area contributed by atoms with Crippen LogP contribution in [0.25, 0.3) is 0 Å². The van der Waals surface area contributed by atoms with Crippen LogP contribution in [0.15, 0.2) is 10.2 Å². The molecule has 1 aliphatic carbocycles. The fourth-order valence-electron chi connectivity index (χ4n) is 4.48. The van der Waals surface area contributed by atoms with Gasteiger partial charge in [0.2, 0.25) is 11.8 Å². The fourth-order valence-corrected chi connectivity index (χ4v) is 4.48. The van der Waals surface area contributed by atoms with Crippen molar-refractivity contribution in [2.24, 2.45) is 16.1 Å². The highest BCUT2D eigenvalue weighted by Crippen LogP contribution is 2.40. The summed E-state index contributed by atoms with van der Waals surface area (Å²) in [5.41, 5.74) is -0.375. The molecule has 2 unspecified atom stereocenters. The Labute approximate surface area is 149 Å². The molecular weight excluding hydrogens is 316 g/mol. The third-order valence-corrected chi connectivity index (χ3v) is 6.15. The number of carbonyl (C=O) groups is 2. The van der Waals surface area contributed by atoms with Crippen LogP contribution in [-0.4, -0.2) is 52.5 Å². The van der Waals surface area contributed by atoms with Crippen LogP contribution in [-0.2, 0) is 9.59 Å². The highest BCUT2D eigenvalue weighted by atomic mass is 16.2. The smallest absolute Gasteiger partial charge is 0.223 e. The van der Waals surface area contributed by atoms with E-state index in [2.05, 4.69) is 21.0 Å². The lowest BCUT2D eigenvalue weighted by molar-refractivity contribution is -0.145. The molecule has 2 saturated heterocycles. The molecule has 3 fully saturated rings. The van der Waals surface area contributed by atoms with Gasteiger partial charge in [-0.3, -0.25) is 9.59 Å². The van der Waals surface area contributed by atoms with E-state index in [0.717, 1.165) is 45.2 Å². The number of terminal acetylenes is 1. The Morgan fingerprint density at radius 2 is 2.04 bits per heavy atom. The summed E-state index contributed by atoms with van der Waals surface area (Å²) in [6.07, 6.45) is 12.7. The molecule has 3 aliphatic heterocycles. The molecule has 6 heteroatoms. The van der Waals surface area contributed by atoms with Gasteiger partial charge in [0.25, 0.3) is 0 Å². The standard InChI is InChI=1S/C19H26N4O2/c1-2-3-10-19(20-21-19)11-8-17(24)22-12-9-16-14(13-22)4-7-18(25)23(16)15-5-6-15/h1,14-16H,3-13H2. The van der Waals surface area contributed by atoms with Crippen molar-refractivity contribution in [3.63, 3.8) is 0 Å². The molecule has 0 N–H and O–H groups in total. The predicted molar refractivity (Wildman–Crippen MR) is 92.5 cm³/mol. The summed E-state index contributed by atoms with van der Waals surface area (Å²) in [6, 6.07) is 0.838. The summed E-state index contributed by atoms with van der Waals surface area (Å²) in [6.45, 7) is 1.56. The van der Waals surface area contributed by atoms with Crippen molar-refractivity contribution < 1.29 is 9.59 Å². The van der Waals surface area contributed by atoms with Crippen LogP contribution in [0.3, 0.4) is 0 Å². The maximum absolute atomic E-state index is 12.6. The minimum absolute atomic E-state index is 0.200. The number of fused-ring (bicyclic) bond motifs is 1. The van der Waals surface area contributed by atoms with Gasteiger partial charge in [-0.05, 0) is 31.6 Å². The molecule has 6 nitrogen and oxygen atoms in total. The maximum atomic E-state index is 12.6. The number of rotatable bonds is 6. The minimum Gasteiger partial charge on any atom is -0.342 e. The van der Waals surface area contributed by atoms with Gasteiger partial charge in [-0.25, -0.2) is 0 Å². The van der Waals surface area contributed by atoms with Gasteiger partial charge in [0, 0.05) is 57.3 Å². The molecule has 2 amide bonds. The van der Waals surface area contributed by atoms with Gasteiger partial charge in [0.1, 0.15) is 0 Å². The van der Waals surface area contributed by atoms with Crippen LogP contribution in [0.5, 0.6) is 0 Å². The molecule has 0 radical (unpaired) electrons. The van der Waals surface area contributed by atoms with Crippen LogP contribution in [0.2, 0.25) is 0 Å². The van der Waals surface area contributed by atoms with Gasteiger partial charge in [-0.15, -0.1) is 12.3 Å². The van der Waals surface area contributed by atoms with Crippen molar-refractivity contribution in [1.82, 2.24) is 9.80 Å². The Morgan fingerprint density at radius 3 is 2.72 bits per heavy atom. The summed E-state index contributed by atoms with van der Waals surface area (Å²) in [5.74, 6) is 3.60. The Kier molecular flexibility index (Phi) is 4.26. The monoisotopic (exact) mass is 342 g/mol. The lowest BCUT2D eigenvalue weighted by Crippen LogP contribution is -2.57. The van der Waals surface area contributed by atoms with E-state index in [0.29, 0.717) is 49.6 Å². The van der Waals surface area contributed by atoms with Crippen LogP contribution in [0, 0.1) is 18.3 Å². The van der Waals surface area contributed by atoms with E-state index in [4.69, 9.17) is 6.42 Å². The summed E-state index contributed by atoms with van der Waals surface area (Å²) in [7, 11) is 0. The zero-order valence-electron chi connectivity index (χ0n) is 14.7. The summed E-state index contributed by atoms with van der Waals surface area (Å²) in [4.78, 5) is 29.1. The van der Waals surface area contributed by atoms with E-state index in [1.165, 1.54) is 0 Å². The van der Waals surface area contributed by atoms with Crippen molar-refractivity contribution >= 4 is 11.8 Å². The average Bonchev–Trinajstić information content (AvgIpc) is 3.53. The minimum atomic E-state index is -0.375. The molecule has 1 saturated carbocycles. The Morgan fingerprint density at radius 1 is 1.24 bits per heavy atom. The largest absolute Gasteiger partial charge is 0.342 e. The zero-order valence-corrected chi connectivity index (χ0v) is 14.7. The molecule has 25 heavy (non-hydrogen) atoms. The number of hydrogen-bond donors (Lipinski definition) is 0. The third-order valence-electron chi connectivity index (χ3n) is 6.15. The first kappa shape index (κ1) is 16.6. The molecule has 3 heterocycles. The summed E-state index contributed by atoms with van der Waals surface area (Å²) >= 11 is 0. The lowest BCUT2D eigenvalue weighted by Gasteiger charge is -2.47. The Hall–Kier alpha value is -1.90. The molecule has 0 spiro atoms. The third kappa shape index (κ3) is 3.42. The van der Waals surface area contributed by atoms with Crippen molar-refractivity contribution in [1.29, 1.82) is 0 Å². The number of amides is 2. The van der Waals surface area contributed by atoms with E-state index in [9.17, 15) is 9.59 Å². The second-order valence-corrected chi connectivity index (χ2v) is 7.91. The second kappa shape index (κ2) is 6.44. The van der Waals surface area contributed by atoms with Gasteiger partial charge < -0.3 is 9.80 Å². The van der Waals surface area contributed by atoms with Crippen molar-refractivity contribution in [3.05, 3.63) is 0 Å². The number of carbonyl (C=O) groups excluding carboxylic acids is 2. The van der Waals surface area contributed by atoms with E-state index in [-0.39, 0.29) is 11.6 Å². The van der Waals surface area contributed by atoms with E-state index < -0.39 is 0 Å². The Balaban J connectivity index is 1.29. The summed E-state index contributed by atoms with van der Waals surface area (Å²) in [5, 5.41) is 8.23. The molecule has 0 aromatic carbocycles. The summed E-state index contributed by atoms with van der Waals surface area (Å²) < 4.78 is 0. The maximum Gasteiger partial charge on any atom is 0.223 e. The highest BCUT2D eigenvalue weighted by Gasteiger charge is 2.46. The zero-order chi connectivity index (χ0) is 17.4. The second-order valence-electron chi connectivity index (χ2n) is 7.91. The van der Waals surface area contributed by atoms with Crippen LogP contribution in [0.4, 0.5) is 0 Å². The predicted octanol–water partition coefficient (Wildman–Crippen LogP) is 2.34. The van der Waals surface area contributed by atoms with Crippen molar-refractivity contribution in [2.45, 2.75) is 75.5 Å². The van der Waals surface area contributed by atoms with E-state index in [1.807, 2.05) is 4.90 Å². The van der Waals surface area contributed by atoms with Crippen LogP contribution >= 0.6 is 0 Å². The SMILES string of the molecule is C#CCCC1(CCC(=O)N2CCC3C(CCC(=O)N3C3CC3)C2)N=N1. The average molecular weight is 342 g/mol. The van der Waals surface area contributed by atoms with Crippen molar-refractivity contribution in [3.8, 4) is 12.3 Å². The number of nitrogens with zero attached hydrogens (tertiary/aromatic N) is 4. The molecule has 134 valence electrons. The van der Waals surface area contributed by atoms with Gasteiger partial charge >= 0.3 is 0 Å². The molecule has 0 bridgehead atoms. The molecule has 4 rings (SSSR count). The van der Waals surface area contributed by atoms with Crippen molar-refractivity contribution in [2.75, 3.05) is 13.1 Å². The first-order valence-electron chi connectivity index (χ1n) is 9.58. The molecule has 0 aromatic rings. The number of piperidine rings is 2.